The number of hydrogen-bond acceptors (Lipinski definition) is 7. The molecule has 0 spiro atoms. The molecular weight excluding hydrogens is 700 g/mol. The maximum atomic E-state index is 13.5. The monoisotopic (exact) mass is 752 g/mol. The smallest absolute Gasteiger partial charge is 0.872 e. The van der Waals surface area contributed by atoms with Gasteiger partial charge < -0.3 is 14.8 Å². The van der Waals surface area contributed by atoms with Crippen LogP contribution in [0.1, 0.15) is 142 Å². The van der Waals surface area contributed by atoms with E-state index >= 15 is 0 Å². The van der Waals surface area contributed by atoms with Crippen LogP contribution >= 0.6 is 0 Å². The van der Waals surface area contributed by atoms with Crippen LogP contribution in [-0.2, 0) is 48.6 Å². The molecule has 0 unspecified atom stereocenters. The summed E-state index contributed by atoms with van der Waals surface area (Å²) in [6.07, 6.45) is 7.63. The number of alkyl halides is 3. The van der Waals surface area contributed by atoms with E-state index in [1.54, 1.807) is 12.4 Å². The van der Waals surface area contributed by atoms with Gasteiger partial charge in [-0.2, -0.15) is 13.2 Å². The fourth-order valence-electron chi connectivity index (χ4n) is 5.27. The van der Waals surface area contributed by atoms with E-state index in [0.717, 1.165) is 47.9 Å². The summed E-state index contributed by atoms with van der Waals surface area (Å²) in [5, 5.41) is 26.9. The Labute approximate surface area is 301 Å². The van der Waals surface area contributed by atoms with Crippen molar-refractivity contribution in [1.82, 2.24) is 0 Å². The van der Waals surface area contributed by atoms with Gasteiger partial charge in [0.15, 0.2) is 10.1 Å². The molecular formula is C37H52CoF3N2O5S. The van der Waals surface area contributed by atoms with E-state index in [9.17, 15) is 23.4 Å². The van der Waals surface area contributed by atoms with Crippen molar-refractivity contribution in [2.45, 2.75) is 148 Å². The molecule has 0 heterocycles. The number of aliphatic imine (C=N–C) groups is 2. The molecule has 2 atom stereocenters. The zero-order valence-corrected chi connectivity index (χ0v) is 32.6. The average molecular weight is 753 g/mol. The summed E-state index contributed by atoms with van der Waals surface area (Å²) in [7, 11) is -6.09. The summed E-state index contributed by atoms with van der Waals surface area (Å²) in [4.78, 5) is 9.95. The second-order valence-electron chi connectivity index (χ2n) is 16.8. The maximum Gasteiger partial charge on any atom is 3.00 e. The molecule has 7 nitrogen and oxygen atoms in total. The van der Waals surface area contributed by atoms with Gasteiger partial charge in [0.05, 0.1) is 12.1 Å². The minimum atomic E-state index is -6.09. The minimum Gasteiger partial charge on any atom is -0.872 e. The van der Waals surface area contributed by atoms with Crippen LogP contribution in [-0.4, -0.2) is 43.0 Å². The number of rotatable bonds is 4. The fraction of sp³-hybridized carbons (Fsp3) is 0.622. The van der Waals surface area contributed by atoms with Crippen LogP contribution in [0.2, 0.25) is 0 Å². The Morgan fingerprint density at radius 1 is 0.633 bits per heavy atom. The van der Waals surface area contributed by atoms with E-state index in [-0.39, 0.29) is 62.0 Å². The standard InChI is InChI=1S/C36H54N2O2.CHF3O3S.Co/c1-33(2,3)25-17-23(31(39)27(19-25)35(7,8)9)21-37-29-15-13-14-16-30(29)38-22-24-18-26(34(4,5)6)20-28(32(24)40)36(10,11)12;2-1(3,4)8(5,6)7;/h17-22,29-30,39-40H,13-16H2,1-12H3;(H,5,6,7);/q;;+3/p-3/t29-,30-;;/m0../s1. The normalized spacial score (nSPS) is 18.3. The largest absolute Gasteiger partial charge is 3.00 e. The molecule has 1 saturated carbocycles. The first kappa shape index (κ1) is 44.6. The van der Waals surface area contributed by atoms with Crippen molar-refractivity contribution in [2.24, 2.45) is 9.98 Å². The second-order valence-corrected chi connectivity index (χ2v) is 18.1. The van der Waals surface area contributed by atoms with Gasteiger partial charge in [-0.3, -0.25) is 9.98 Å². The first-order valence-electron chi connectivity index (χ1n) is 16.2. The Bertz CT molecular complexity index is 1510. The van der Waals surface area contributed by atoms with Gasteiger partial charge in [0, 0.05) is 12.4 Å². The average Bonchev–Trinajstić information content (AvgIpc) is 2.89. The van der Waals surface area contributed by atoms with Crippen molar-refractivity contribution in [3.63, 3.8) is 0 Å². The van der Waals surface area contributed by atoms with Gasteiger partial charge in [0.1, 0.15) is 0 Å². The quantitative estimate of drug-likeness (QED) is 0.178. The topological polar surface area (TPSA) is 128 Å². The number of hydrogen-bond donors (Lipinski definition) is 0. The van der Waals surface area contributed by atoms with Crippen molar-refractivity contribution >= 4 is 22.5 Å². The molecule has 0 radical (unpaired) electrons. The van der Waals surface area contributed by atoms with Gasteiger partial charge in [-0.05, 0) is 67.9 Å². The van der Waals surface area contributed by atoms with Gasteiger partial charge in [0.2, 0.25) is 0 Å². The first-order valence-corrected chi connectivity index (χ1v) is 17.7. The van der Waals surface area contributed by atoms with Crippen LogP contribution in [0.5, 0.6) is 11.5 Å². The molecule has 2 aromatic carbocycles. The Morgan fingerprint density at radius 2 is 0.918 bits per heavy atom. The number of benzene rings is 2. The second kappa shape index (κ2) is 15.9. The third kappa shape index (κ3) is 12.4. The first-order chi connectivity index (χ1) is 21.4. The molecule has 1 aliphatic rings. The number of nitrogens with zero attached hydrogens (tertiary/aromatic N) is 2. The molecule has 0 saturated heterocycles. The molecule has 12 heteroatoms. The van der Waals surface area contributed by atoms with E-state index < -0.39 is 15.6 Å². The Kier molecular flexibility index (Phi) is 14.4. The molecule has 0 aromatic heterocycles. The predicted molar refractivity (Wildman–Crippen MR) is 184 cm³/mol. The molecule has 1 fully saturated rings. The maximum absolute atomic E-state index is 13.5. The van der Waals surface area contributed by atoms with Gasteiger partial charge in [0.25, 0.3) is 0 Å². The Hall–Kier alpha value is -2.41. The molecule has 0 amide bonds. The van der Waals surface area contributed by atoms with Crippen LogP contribution < -0.4 is 10.2 Å². The summed E-state index contributed by atoms with van der Waals surface area (Å²) < 4.78 is 58.9. The molecule has 276 valence electrons. The van der Waals surface area contributed by atoms with Gasteiger partial charge in [-0.15, -0.1) is 0 Å². The van der Waals surface area contributed by atoms with Crippen LogP contribution in [0.4, 0.5) is 13.2 Å². The van der Waals surface area contributed by atoms with Crippen molar-refractivity contribution in [1.29, 1.82) is 0 Å². The zero-order chi connectivity index (χ0) is 37.3. The van der Waals surface area contributed by atoms with Crippen LogP contribution in [0.15, 0.2) is 34.3 Å². The van der Waals surface area contributed by atoms with E-state index in [0.29, 0.717) is 11.1 Å². The van der Waals surface area contributed by atoms with E-state index in [4.69, 9.17) is 23.0 Å². The van der Waals surface area contributed by atoms with Crippen molar-refractivity contribution in [3.05, 3.63) is 57.6 Å². The summed E-state index contributed by atoms with van der Waals surface area (Å²) in [5.41, 5.74) is -1.03. The summed E-state index contributed by atoms with van der Waals surface area (Å²) in [6.45, 7) is 25.6. The van der Waals surface area contributed by atoms with Crippen LogP contribution in [0.25, 0.3) is 0 Å². The molecule has 0 bridgehead atoms. The summed E-state index contributed by atoms with van der Waals surface area (Å²) in [5.74, 6) is 0.120. The van der Waals surface area contributed by atoms with Crippen LogP contribution in [0, 0.1) is 0 Å². The molecule has 0 N–H and O–H groups in total. The minimum absolute atomic E-state index is 0. The molecule has 1 aliphatic carbocycles. The molecule has 49 heavy (non-hydrogen) atoms. The molecule has 2 aromatic rings. The third-order valence-corrected chi connectivity index (χ3v) is 8.94. The van der Waals surface area contributed by atoms with E-state index in [1.165, 1.54) is 0 Å². The van der Waals surface area contributed by atoms with Gasteiger partial charge in [-0.25, -0.2) is 8.42 Å². The third-order valence-electron chi connectivity index (χ3n) is 8.37. The molecule has 3 rings (SSSR count). The van der Waals surface area contributed by atoms with Gasteiger partial charge in [-0.1, -0.05) is 132 Å². The van der Waals surface area contributed by atoms with Crippen molar-refractivity contribution in [2.75, 3.05) is 0 Å². The van der Waals surface area contributed by atoms with E-state index in [2.05, 4.69) is 95.2 Å². The zero-order valence-electron chi connectivity index (χ0n) is 30.8. The van der Waals surface area contributed by atoms with Crippen LogP contribution in [0.3, 0.4) is 0 Å². The Balaban J connectivity index is 0.00000119. The summed E-state index contributed by atoms with van der Waals surface area (Å²) in [6, 6.07) is 8.15. The summed E-state index contributed by atoms with van der Waals surface area (Å²) >= 11 is 0. The van der Waals surface area contributed by atoms with Gasteiger partial charge >= 0.3 is 22.3 Å². The SMILES string of the molecule is CC(C)(C)c1cc(C=N[C@H]2CCCC[C@@H]2N=Cc2cc(C(C)(C)C)cc(C(C)(C)C)c2[O-])c([O-])c(C(C)(C)C)c1.O=S(=O)([O-])C(F)(F)F.[Co+3]. The molecule has 0 aliphatic heterocycles. The van der Waals surface area contributed by atoms with Crippen molar-refractivity contribution < 1.29 is 53.1 Å². The predicted octanol–water partition coefficient (Wildman–Crippen LogP) is 7.92. The van der Waals surface area contributed by atoms with E-state index in [1.807, 2.05) is 12.1 Å². The van der Waals surface area contributed by atoms with Crippen molar-refractivity contribution in [3.8, 4) is 11.5 Å². The fourth-order valence-corrected chi connectivity index (χ4v) is 5.27. The number of halogens is 3. The Morgan fingerprint density at radius 3 is 1.14 bits per heavy atom.